The Hall–Kier alpha value is -1.06. The van der Waals surface area contributed by atoms with Crippen LogP contribution in [0.15, 0.2) is 0 Å². The van der Waals surface area contributed by atoms with E-state index < -0.39 is 0 Å². The summed E-state index contributed by atoms with van der Waals surface area (Å²) in [6, 6.07) is -0.268. The molecular weight excluding hydrogens is 192 g/mol. The molecule has 0 aromatic carbocycles. The molecule has 1 saturated heterocycles. The second kappa shape index (κ2) is 5.73. The van der Waals surface area contributed by atoms with E-state index in [4.69, 9.17) is 0 Å². The van der Waals surface area contributed by atoms with Crippen molar-refractivity contribution in [3.05, 3.63) is 0 Å². The van der Waals surface area contributed by atoms with E-state index in [1.54, 1.807) is 0 Å². The van der Waals surface area contributed by atoms with Crippen molar-refractivity contribution >= 4 is 11.8 Å². The molecule has 1 unspecified atom stereocenters. The van der Waals surface area contributed by atoms with Gasteiger partial charge >= 0.3 is 0 Å². The number of nitrogens with zero attached hydrogens (tertiary/aromatic N) is 1. The van der Waals surface area contributed by atoms with Crippen molar-refractivity contribution in [1.82, 2.24) is 10.2 Å². The molecular formula is C11H20N2O2. The number of hydrogen-bond donors (Lipinski definition) is 1. The predicted molar refractivity (Wildman–Crippen MR) is 58.3 cm³/mol. The molecule has 15 heavy (non-hydrogen) atoms. The maximum atomic E-state index is 12.0. The van der Waals surface area contributed by atoms with Crippen molar-refractivity contribution in [3.8, 4) is 0 Å². The van der Waals surface area contributed by atoms with Gasteiger partial charge in [0.25, 0.3) is 0 Å². The van der Waals surface area contributed by atoms with Crippen LogP contribution >= 0.6 is 0 Å². The van der Waals surface area contributed by atoms with Gasteiger partial charge < -0.3 is 10.2 Å². The molecule has 0 radical (unpaired) electrons. The van der Waals surface area contributed by atoms with Gasteiger partial charge in [0.1, 0.15) is 6.04 Å². The zero-order valence-electron chi connectivity index (χ0n) is 9.58. The average Bonchev–Trinajstić information content (AvgIpc) is 2.63. The SMILES string of the molecule is CCCN(CCC)C(=O)C1CCC(=O)N1. The van der Waals surface area contributed by atoms with Crippen LogP contribution in [0.5, 0.6) is 0 Å². The summed E-state index contributed by atoms with van der Waals surface area (Å²) < 4.78 is 0. The molecule has 1 aliphatic rings. The van der Waals surface area contributed by atoms with Crippen molar-refractivity contribution in [3.63, 3.8) is 0 Å². The molecule has 1 rings (SSSR count). The Morgan fingerprint density at radius 1 is 1.40 bits per heavy atom. The van der Waals surface area contributed by atoms with Crippen LogP contribution in [0.25, 0.3) is 0 Å². The van der Waals surface area contributed by atoms with Crippen molar-refractivity contribution in [2.24, 2.45) is 0 Å². The lowest BCUT2D eigenvalue weighted by atomic mass is 10.2. The standard InChI is InChI=1S/C11H20N2O2/c1-3-7-13(8-4-2)11(15)9-5-6-10(14)12-9/h9H,3-8H2,1-2H3,(H,12,14). The fourth-order valence-electron chi connectivity index (χ4n) is 1.89. The van der Waals surface area contributed by atoms with Gasteiger partial charge in [-0.1, -0.05) is 13.8 Å². The molecule has 0 aromatic rings. The van der Waals surface area contributed by atoms with Gasteiger partial charge in [0.15, 0.2) is 0 Å². The first-order valence-corrected chi connectivity index (χ1v) is 5.77. The lowest BCUT2D eigenvalue weighted by Crippen LogP contribution is -2.45. The third-order valence-corrected chi connectivity index (χ3v) is 2.59. The summed E-state index contributed by atoms with van der Waals surface area (Å²) in [5.41, 5.74) is 0. The maximum Gasteiger partial charge on any atom is 0.245 e. The van der Waals surface area contributed by atoms with Crippen molar-refractivity contribution < 1.29 is 9.59 Å². The van der Waals surface area contributed by atoms with Crippen LogP contribution in [-0.2, 0) is 9.59 Å². The molecule has 4 nitrogen and oxygen atoms in total. The third kappa shape index (κ3) is 3.22. The molecule has 1 N–H and O–H groups in total. The largest absolute Gasteiger partial charge is 0.344 e. The van der Waals surface area contributed by atoms with E-state index in [0.29, 0.717) is 12.8 Å². The molecule has 0 saturated carbocycles. The first-order valence-electron chi connectivity index (χ1n) is 5.77. The van der Waals surface area contributed by atoms with E-state index in [1.807, 2.05) is 4.90 Å². The third-order valence-electron chi connectivity index (χ3n) is 2.59. The molecule has 86 valence electrons. The van der Waals surface area contributed by atoms with E-state index in [2.05, 4.69) is 19.2 Å². The molecule has 2 amide bonds. The van der Waals surface area contributed by atoms with E-state index in [1.165, 1.54) is 0 Å². The first-order chi connectivity index (χ1) is 7.19. The monoisotopic (exact) mass is 212 g/mol. The number of carbonyl (C=O) groups excluding carboxylic acids is 2. The second-order valence-electron chi connectivity index (χ2n) is 3.98. The quantitative estimate of drug-likeness (QED) is 0.736. The summed E-state index contributed by atoms with van der Waals surface area (Å²) in [4.78, 5) is 24.9. The molecule has 1 heterocycles. The highest BCUT2D eigenvalue weighted by molar-refractivity contribution is 5.90. The minimum Gasteiger partial charge on any atom is -0.344 e. The van der Waals surface area contributed by atoms with Gasteiger partial charge in [0.05, 0.1) is 0 Å². The van der Waals surface area contributed by atoms with Gasteiger partial charge in [-0.2, -0.15) is 0 Å². The Balaban J connectivity index is 2.51. The highest BCUT2D eigenvalue weighted by Gasteiger charge is 2.29. The highest BCUT2D eigenvalue weighted by Crippen LogP contribution is 2.10. The Kier molecular flexibility index (Phi) is 4.59. The molecule has 4 heteroatoms. The van der Waals surface area contributed by atoms with Crippen LogP contribution in [-0.4, -0.2) is 35.8 Å². The fourth-order valence-corrected chi connectivity index (χ4v) is 1.89. The summed E-state index contributed by atoms with van der Waals surface area (Å²) in [6.07, 6.45) is 3.07. The minimum absolute atomic E-state index is 0.00120. The minimum atomic E-state index is -0.268. The van der Waals surface area contributed by atoms with Crippen molar-refractivity contribution in [1.29, 1.82) is 0 Å². The molecule has 1 fully saturated rings. The molecule has 0 aliphatic carbocycles. The van der Waals surface area contributed by atoms with E-state index in [0.717, 1.165) is 25.9 Å². The number of nitrogens with one attached hydrogen (secondary N) is 1. The summed E-state index contributed by atoms with van der Waals surface area (Å²) in [5.74, 6) is 0.0887. The van der Waals surface area contributed by atoms with Crippen LogP contribution in [0.2, 0.25) is 0 Å². The Labute approximate surface area is 91.0 Å². The smallest absolute Gasteiger partial charge is 0.245 e. The molecule has 1 atom stereocenters. The van der Waals surface area contributed by atoms with Crippen molar-refractivity contribution in [2.75, 3.05) is 13.1 Å². The Morgan fingerprint density at radius 3 is 2.40 bits per heavy atom. The maximum absolute atomic E-state index is 12.0. The summed E-state index contributed by atoms with van der Waals surface area (Å²) in [6.45, 7) is 5.70. The second-order valence-corrected chi connectivity index (χ2v) is 3.98. The van der Waals surface area contributed by atoms with Gasteiger partial charge in [-0.15, -0.1) is 0 Å². The average molecular weight is 212 g/mol. The number of amides is 2. The zero-order valence-corrected chi connectivity index (χ0v) is 9.58. The van der Waals surface area contributed by atoms with Crippen LogP contribution in [0.3, 0.4) is 0 Å². The van der Waals surface area contributed by atoms with Crippen LogP contribution in [0.1, 0.15) is 39.5 Å². The number of hydrogen-bond acceptors (Lipinski definition) is 2. The van der Waals surface area contributed by atoms with Crippen LogP contribution in [0.4, 0.5) is 0 Å². The number of rotatable bonds is 5. The van der Waals surface area contributed by atoms with E-state index in [-0.39, 0.29) is 17.9 Å². The van der Waals surface area contributed by atoms with Gasteiger partial charge in [-0.3, -0.25) is 9.59 Å². The molecule has 0 bridgehead atoms. The summed E-state index contributed by atoms with van der Waals surface area (Å²) in [5, 5.41) is 2.72. The lowest BCUT2D eigenvalue weighted by Gasteiger charge is -2.24. The molecule has 0 aromatic heterocycles. The van der Waals surface area contributed by atoms with Gasteiger partial charge in [0, 0.05) is 19.5 Å². The van der Waals surface area contributed by atoms with Gasteiger partial charge in [-0.25, -0.2) is 0 Å². The van der Waals surface area contributed by atoms with Crippen LogP contribution in [0, 0.1) is 0 Å². The fraction of sp³-hybridized carbons (Fsp3) is 0.818. The summed E-state index contributed by atoms with van der Waals surface area (Å²) >= 11 is 0. The topological polar surface area (TPSA) is 49.4 Å². The molecule has 1 aliphatic heterocycles. The van der Waals surface area contributed by atoms with Gasteiger partial charge in [0.2, 0.25) is 11.8 Å². The van der Waals surface area contributed by atoms with Crippen LogP contribution < -0.4 is 5.32 Å². The first kappa shape index (κ1) is 12.0. The predicted octanol–water partition coefficient (Wildman–Crippen LogP) is 0.914. The zero-order chi connectivity index (χ0) is 11.3. The Morgan fingerprint density at radius 2 is 2.00 bits per heavy atom. The highest BCUT2D eigenvalue weighted by atomic mass is 16.2. The van der Waals surface area contributed by atoms with Crippen molar-refractivity contribution in [2.45, 2.75) is 45.6 Å². The molecule has 0 spiro atoms. The number of carbonyl (C=O) groups is 2. The van der Waals surface area contributed by atoms with Gasteiger partial charge in [-0.05, 0) is 19.3 Å². The Bertz CT molecular complexity index is 235. The summed E-state index contributed by atoms with van der Waals surface area (Å²) in [7, 11) is 0. The van der Waals surface area contributed by atoms with E-state index >= 15 is 0 Å². The lowest BCUT2D eigenvalue weighted by molar-refractivity contribution is -0.134. The van der Waals surface area contributed by atoms with E-state index in [9.17, 15) is 9.59 Å². The normalized spacial score (nSPS) is 20.1.